The molecule has 0 saturated carbocycles. The minimum Gasteiger partial charge on any atom is -0.381 e. The Bertz CT molecular complexity index is 844. The van der Waals surface area contributed by atoms with Gasteiger partial charge in [-0.1, -0.05) is 12.1 Å². The van der Waals surface area contributed by atoms with E-state index in [1.807, 2.05) is 0 Å². The largest absolute Gasteiger partial charge is 0.381 e. The number of ether oxygens (including phenoxy) is 2. The minimum atomic E-state index is -0.366. The van der Waals surface area contributed by atoms with E-state index in [1.54, 1.807) is 0 Å². The Hall–Kier alpha value is -1.36. The number of aliphatic imine (C=N–C) groups is 1. The third kappa shape index (κ3) is 4.46. The summed E-state index contributed by atoms with van der Waals surface area (Å²) in [4.78, 5) is 7.35. The van der Waals surface area contributed by atoms with E-state index in [0.717, 1.165) is 75.0 Å². The Labute approximate surface area is 188 Å². The van der Waals surface area contributed by atoms with E-state index < -0.39 is 0 Å². The Kier molecular flexibility index (Phi) is 6.17. The van der Waals surface area contributed by atoms with Crippen molar-refractivity contribution in [2.24, 2.45) is 15.5 Å². The first-order chi connectivity index (χ1) is 14.7. The van der Waals surface area contributed by atoms with Crippen molar-refractivity contribution in [3.05, 3.63) is 29.8 Å². The number of anilines is 1. The summed E-state index contributed by atoms with van der Waals surface area (Å²) in [5.41, 5.74) is 2.47. The lowest BCUT2D eigenvalue weighted by atomic mass is 9.92. The fourth-order valence-electron chi connectivity index (χ4n) is 4.24. The van der Waals surface area contributed by atoms with E-state index in [-0.39, 0.29) is 26.1 Å². The van der Waals surface area contributed by atoms with Crippen LogP contribution < -0.4 is 5.32 Å². The molecule has 0 aromatic heterocycles. The molecule has 8 heteroatoms. The highest BCUT2D eigenvalue weighted by Gasteiger charge is 2.42. The SMILES string of the molecule is CC12C=NN(C3CCOCC3)C1=IC(Nc1ccc(CN3CCOCC3)cc1)=NC2. The monoisotopic (exact) mass is 523 g/mol. The van der Waals surface area contributed by atoms with Gasteiger partial charge in [-0.15, -0.1) is 0 Å². The molecule has 1 N–H and O–H groups in total. The number of hydrogen-bond acceptors (Lipinski definition) is 7. The second kappa shape index (κ2) is 9.02. The molecule has 0 spiro atoms. The topological polar surface area (TPSA) is 61.7 Å². The number of morpholine rings is 1. The van der Waals surface area contributed by atoms with Gasteiger partial charge in [0.05, 0.1) is 34.8 Å². The van der Waals surface area contributed by atoms with E-state index in [1.165, 1.54) is 9.20 Å². The van der Waals surface area contributed by atoms with Crippen LogP contribution in [0.2, 0.25) is 0 Å². The molecule has 0 aliphatic carbocycles. The van der Waals surface area contributed by atoms with Crippen LogP contribution in [0.5, 0.6) is 0 Å². The zero-order chi connectivity index (χ0) is 20.4. The van der Waals surface area contributed by atoms with Crippen LogP contribution in [0, 0.1) is 5.41 Å². The van der Waals surface area contributed by atoms with E-state index in [0.29, 0.717) is 6.04 Å². The van der Waals surface area contributed by atoms with Crippen molar-refractivity contribution in [1.29, 1.82) is 0 Å². The van der Waals surface area contributed by atoms with Gasteiger partial charge >= 0.3 is 0 Å². The molecule has 1 unspecified atom stereocenters. The molecule has 1 atom stereocenters. The molecule has 0 amide bonds. The second-order valence-corrected chi connectivity index (χ2v) is 11.1. The van der Waals surface area contributed by atoms with E-state index >= 15 is 0 Å². The molecular formula is C22H30IN5O2. The standard InChI is InChI=1S/C22H30IN5O2/c1-22-15-24-21(23-20(22)28(25-16-22)19-6-10-29-11-7-19)26-18-4-2-17(3-5-18)14-27-8-12-30-13-9-27/h2-5,16,19H,6-15H2,1H3,(H,24,26). The highest BCUT2D eigenvalue weighted by atomic mass is 127. The number of hydrogen-bond donors (Lipinski definition) is 1. The lowest BCUT2D eigenvalue weighted by Crippen LogP contribution is -2.44. The van der Waals surface area contributed by atoms with Crippen molar-refractivity contribution in [1.82, 2.24) is 9.91 Å². The second-order valence-electron chi connectivity index (χ2n) is 8.55. The number of amidine groups is 1. The summed E-state index contributed by atoms with van der Waals surface area (Å²) < 4.78 is 13.6. The van der Waals surface area contributed by atoms with Crippen LogP contribution in [0.4, 0.5) is 5.69 Å². The molecule has 30 heavy (non-hydrogen) atoms. The number of benzene rings is 1. The average molecular weight is 523 g/mol. The van der Waals surface area contributed by atoms with Crippen molar-refractivity contribution in [3.63, 3.8) is 0 Å². The van der Waals surface area contributed by atoms with E-state index in [2.05, 4.69) is 52.6 Å². The maximum atomic E-state index is 5.55. The Morgan fingerprint density at radius 3 is 2.60 bits per heavy atom. The van der Waals surface area contributed by atoms with E-state index in [9.17, 15) is 0 Å². The fourth-order valence-corrected chi connectivity index (χ4v) is 7.20. The van der Waals surface area contributed by atoms with Gasteiger partial charge in [0.1, 0.15) is 0 Å². The predicted molar refractivity (Wildman–Crippen MR) is 130 cm³/mol. The highest BCUT2D eigenvalue weighted by molar-refractivity contribution is 14.2. The van der Waals surface area contributed by atoms with Gasteiger partial charge in [0.15, 0.2) is 3.84 Å². The maximum absolute atomic E-state index is 5.55. The molecule has 4 heterocycles. The van der Waals surface area contributed by atoms with Gasteiger partial charge in [0.25, 0.3) is 0 Å². The summed E-state index contributed by atoms with van der Waals surface area (Å²) in [6.45, 7) is 9.46. The van der Waals surface area contributed by atoms with Crippen molar-refractivity contribution in [2.75, 3.05) is 51.4 Å². The van der Waals surface area contributed by atoms with Crippen LogP contribution in [-0.2, 0) is 16.0 Å². The highest BCUT2D eigenvalue weighted by Crippen LogP contribution is 2.37. The van der Waals surface area contributed by atoms with Crippen LogP contribution in [-0.4, -0.2) is 75.7 Å². The number of fused-ring (bicyclic) bond motifs is 1. The molecule has 2 fully saturated rings. The van der Waals surface area contributed by atoms with Crippen molar-refractivity contribution >= 4 is 40.1 Å². The first-order valence-electron chi connectivity index (χ1n) is 10.8. The van der Waals surface area contributed by atoms with Gasteiger partial charge in [-0.3, -0.25) is 14.9 Å². The molecular weight excluding hydrogens is 493 g/mol. The normalized spacial score (nSPS) is 27.8. The predicted octanol–water partition coefficient (Wildman–Crippen LogP) is 2.89. The third-order valence-corrected chi connectivity index (χ3v) is 9.47. The van der Waals surface area contributed by atoms with Crippen molar-refractivity contribution in [2.45, 2.75) is 32.4 Å². The molecule has 0 bridgehead atoms. The Balaban J connectivity index is 1.25. The molecule has 4 aliphatic heterocycles. The first kappa shape index (κ1) is 20.5. The van der Waals surface area contributed by atoms with Gasteiger partial charge in [-0.05, 0) is 58.2 Å². The van der Waals surface area contributed by atoms with Crippen LogP contribution in [0.3, 0.4) is 0 Å². The van der Waals surface area contributed by atoms with Crippen molar-refractivity contribution in [3.8, 4) is 0 Å². The molecule has 0 radical (unpaired) electrons. The van der Waals surface area contributed by atoms with Crippen molar-refractivity contribution < 1.29 is 9.47 Å². The van der Waals surface area contributed by atoms with E-state index in [4.69, 9.17) is 19.6 Å². The number of hydrazone groups is 1. The van der Waals surface area contributed by atoms with Crippen LogP contribution >= 0.6 is 20.7 Å². The van der Waals surface area contributed by atoms with Crippen LogP contribution in [0.15, 0.2) is 34.4 Å². The molecule has 1 aromatic carbocycles. The molecule has 162 valence electrons. The Morgan fingerprint density at radius 2 is 1.83 bits per heavy atom. The quantitative estimate of drug-likeness (QED) is 0.486. The number of nitrogens with zero attached hydrogens (tertiary/aromatic N) is 4. The molecule has 7 nitrogen and oxygen atoms in total. The summed E-state index contributed by atoms with van der Waals surface area (Å²) >= 11 is -0.366. The van der Waals surface area contributed by atoms with Gasteiger partial charge in [-0.25, -0.2) is 0 Å². The average Bonchev–Trinajstić information content (AvgIpc) is 3.13. The molecule has 2 saturated heterocycles. The minimum absolute atomic E-state index is 0.00121. The van der Waals surface area contributed by atoms with Crippen LogP contribution in [0.25, 0.3) is 0 Å². The van der Waals surface area contributed by atoms with Gasteiger partial charge in [0, 0.05) is 44.8 Å². The number of rotatable bonds is 4. The number of halogens is 1. The smallest absolute Gasteiger partial charge is 0.160 e. The summed E-state index contributed by atoms with van der Waals surface area (Å²) in [5.74, 6) is 0. The summed E-state index contributed by atoms with van der Waals surface area (Å²) in [7, 11) is 0. The van der Waals surface area contributed by atoms with Gasteiger partial charge in [-0.2, -0.15) is 5.10 Å². The van der Waals surface area contributed by atoms with Crippen LogP contribution in [0.1, 0.15) is 25.3 Å². The zero-order valence-electron chi connectivity index (χ0n) is 17.5. The number of nitrogens with one attached hydrogen (secondary N) is 1. The summed E-state index contributed by atoms with van der Waals surface area (Å²) in [6, 6.07) is 9.29. The molecule has 1 aromatic rings. The summed E-state index contributed by atoms with van der Waals surface area (Å²) in [6.07, 6.45) is 4.24. The Morgan fingerprint density at radius 1 is 1.10 bits per heavy atom. The first-order valence-corrected chi connectivity index (χ1v) is 13.0. The lowest BCUT2D eigenvalue weighted by Gasteiger charge is -2.35. The fraction of sp³-hybridized carbons (Fsp3) is 0.591. The third-order valence-electron chi connectivity index (χ3n) is 6.11. The van der Waals surface area contributed by atoms with Gasteiger partial charge in [0.2, 0.25) is 0 Å². The molecule has 5 rings (SSSR count). The zero-order valence-corrected chi connectivity index (χ0v) is 19.7. The lowest BCUT2D eigenvalue weighted by molar-refractivity contribution is 0.0342. The maximum Gasteiger partial charge on any atom is 0.160 e. The summed E-state index contributed by atoms with van der Waals surface area (Å²) in [5, 5.41) is 10.7. The molecule has 4 aliphatic rings. The van der Waals surface area contributed by atoms with Gasteiger partial charge < -0.3 is 14.8 Å².